The standard InChI is InChI=1S/C34H62N6O7S/c1-20(2)22-16-17-40(25(22)29(43)36-23(26(41)28(35)42)18-21-14-13-15-21)30(44)27(33(6,7)8)38-31(45)37-24(32(3,4)5)19-39(12)48(46,47)34(9,10)11/h20-25,27H,13-19H2,1-12H3,(H2,35,42)(H,36,43)(H2,37,38,45)/t22?,23?,24-,25+,27-/m1/s1. The molecule has 13 nitrogen and oxygen atoms in total. The molecule has 0 spiro atoms. The van der Waals surface area contributed by atoms with E-state index in [2.05, 4.69) is 16.0 Å². The van der Waals surface area contributed by atoms with Crippen LogP contribution in [0.15, 0.2) is 0 Å². The summed E-state index contributed by atoms with van der Waals surface area (Å²) in [6.45, 7) is 20.2. The number of Topliss-reactive ketones (excluding diaryl/α,β-unsaturated/α-hetero) is 1. The van der Waals surface area contributed by atoms with Crippen LogP contribution in [-0.4, -0.2) is 96.2 Å². The number of likely N-dealkylation sites (N-methyl/N-ethyl adjacent to an activating group) is 1. The van der Waals surface area contributed by atoms with Gasteiger partial charge in [-0.3, -0.25) is 19.2 Å². The SMILES string of the molecule is CC(C)C1CCN(C(=O)[C@@H](NC(=O)N[C@H](CN(C)S(=O)(=O)C(C)(C)C)C(C)(C)C)C(C)(C)C)[C@@H]1C(=O)NC(CC1CCC1)C(=O)C(N)=O. The van der Waals surface area contributed by atoms with E-state index in [4.69, 9.17) is 5.73 Å². The topological polar surface area (TPSA) is 188 Å². The Morgan fingerprint density at radius 2 is 1.44 bits per heavy atom. The first-order valence-electron chi connectivity index (χ1n) is 17.2. The molecule has 0 radical (unpaired) electrons. The molecule has 2 rings (SSSR count). The predicted molar refractivity (Wildman–Crippen MR) is 186 cm³/mol. The van der Waals surface area contributed by atoms with Crippen molar-refractivity contribution in [3.05, 3.63) is 0 Å². The number of primary amides is 1. The molecule has 5 amide bonds. The molecule has 0 aromatic heterocycles. The van der Waals surface area contributed by atoms with E-state index in [-0.39, 0.29) is 30.8 Å². The zero-order chi connectivity index (χ0) is 37.2. The van der Waals surface area contributed by atoms with Crippen LogP contribution in [0.25, 0.3) is 0 Å². The molecule has 2 fully saturated rings. The molecule has 14 heteroatoms. The summed E-state index contributed by atoms with van der Waals surface area (Å²) in [5, 5.41) is 8.53. The Bertz CT molecular complexity index is 1310. The van der Waals surface area contributed by atoms with Gasteiger partial charge in [0.25, 0.3) is 5.91 Å². The minimum absolute atomic E-state index is 0.0150. The lowest BCUT2D eigenvalue weighted by atomic mass is 9.80. The molecule has 1 saturated heterocycles. The van der Waals surface area contributed by atoms with E-state index in [1.54, 1.807) is 20.8 Å². The molecule has 0 aromatic carbocycles. The van der Waals surface area contributed by atoms with Gasteiger partial charge in [-0.1, -0.05) is 74.7 Å². The summed E-state index contributed by atoms with van der Waals surface area (Å²) in [5.74, 6) is -2.93. The second-order valence-electron chi connectivity index (χ2n) is 17.2. The Kier molecular flexibility index (Phi) is 13.3. The number of ketones is 1. The first kappa shape index (κ1) is 41.4. The Morgan fingerprint density at radius 3 is 1.85 bits per heavy atom. The maximum absolute atomic E-state index is 14.3. The number of nitrogens with one attached hydrogen (secondary N) is 3. The van der Waals surface area contributed by atoms with E-state index in [0.717, 1.165) is 19.3 Å². The van der Waals surface area contributed by atoms with Gasteiger partial charge < -0.3 is 26.6 Å². The molecule has 0 aromatic rings. The van der Waals surface area contributed by atoms with E-state index in [1.807, 2.05) is 55.4 Å². The monoisotopic (exact) mass is 698 g/mol. The molecule has 0 bridgehead atoms. The molecule has 2 unspecified atom stereocenters. The molecule has 276 valence electrons. The number of urea groups is 1. The fourth-order valence-corrected chi connectivity index (χ4v) is 7.60. The fourth-order valence-electron chi connectivity index (χ4n) is 6.32. The molecule has 1 aliphatic heterocycles. The molecule has 48 heavy (non-hydrogen) atoms. The summed E-state index contributed by atoms with van der Waals surface area (Å²) in [6.07, 6.45) is 3.69. The lowest BCUT2D eigenvalue weighted by Crippen LogP contribution is -2.62. The van der Waals surface area contributed by atoms with Gasteiger partial charge in [0.15, 0.2) is 0 Å². The predicted octanol–water partition coefficient (Wildman–Crippen LogP) is 2.78. The largest absolute Gasteiger partial charge is 0.363 e. The van der Waals surface area contributed by atoms with E-state index >= 15 is 0 Å². The number of amides is 5. The number of carbonyl (C=O) groups is 5. The number of carbonyl (C=O) groups excluding carboxylic acids is 5. The highest BCUT2D eigenvalue weighted by atomic mass is 32.2. The lowest BCUT2D eigenvalue weighted by molar-refractivity contribution is -0.144. The Morgan fingerprint density at radius 1 is 0.875 bits per heavy atom. The minimum Gasteiger partial charge on any atom is -0.363 e. The highest BCUT2D eigenvalue weighted by molar-refractivity contribution is 7.90. The van der Waals surface area contributed by atoms with Crippen molar-refractivity contribution in [2.45, 2.75) is 137 Å². The molecule has 5 atom stereocenters. The van der Waals surface area contributed by atoms with Gasteiger partial charge in [-0.2, -0.15) is 0 Å². The average Bonchev–Trinajstić information content (AvgIpc) is 3.35. The fraction of sp³-hybridized carbons (Fsp3) is 0.853. The van der Waals surface area contributed by atoms with Crippen LogP contribution in [0, 0.1) is 28.6 Å². The maximum atomic E-state index is 14.3. The number of nitrogens with zero attached hydrogens (tertiary/aromatic N) is 2. The van der Waals surface area contributed by atoms with Crippen LogP contribution in [-0.2, 0) is 29.2 Å². The zero-order valence-electron chi connectivity index (χ0n) is 31.2. The third-order valence-electron chi connectivity index (χ3n) is 9.89. The van der Waals surface area contributed by atoms with Gasteiger partial charge in [-0.05, 0) is 62.2 Å². The first-order chi connectivity index (χ1) is 21.7. The number of likely N-dealkylation sites (tertiary alicyclic amines) is 1. The van der Waals surface area contributed by atoms with Crippen molar-refractivity contribution >= 4 is 39.6 Å². The first-order valence-corrected chi connectivity index (χ1v) is 18.6. The molecule has 5 N–H and O–H groups in total. The van der Waals surface area contributed by atoms with Crippen LogP contribution in [0.3, 0.4) is 0 Å². The lowest BCUT2D eigenvalue weighted by Gasteiger charge is -2.39. The van der Waals surface area contributed by atoms with Gasteiger partial charge in [0.2, 0.25) is 27.6 Å². The Hall–Kier alpha value is -2.74. The van der Waals surface area contributed by atoms with Crippen LogP contribution in [0.2, 0.25) is 0 Å². The summed E-state index contributed by atoms with van der Waals surface area (Å²) >= 11 is 0. The van der Waals surface area contributed by atoms with Crippen molar-refractivity contribution in [3.8, 4) is 0 Å². The van der Waals surface area contributed by atoms with Crippen LogP contribution in [0.5, 0.6) is 0 Å². The van der Waals surface area contributed by atoms with Crippen LogP contribution in [0.1, 0.15) is 108 Å². The summed E-state index contributed by atoms with van der Waals surface area (Å²) in [7, 11) is -2.19. The number of nitrogens with two attached hydrogens (primary N) is 1. The number of hydrogen-bond donors (Lipinski definition) is 4. The average molecular weight is 699 g/mol. The third-order valence-corrected chi connectivity index (χ3v) is 12.4. The van der Waals surface area contributed by atoms with Gasteiger partial charge >= 0.3 is 6.03 Å². The molecular formula is C34H62N6O7S. The molecular weight excluding hydrogens is 636 g/mol. The summed E-state index contributed by atoms with van der Waals surface area (Å²) in [4.78, 5) is 67.9. The molecule has 1 saturated carbocycles. The second kappa shape index (κ2) is 15.4. The van der Waals surface area contributed by atoms with Crippen LogP contribution >= 0.6 is 0 Å². The zero-order valence-corrected chi connectivity index (χ0v) is 32.0. The second-order valence-corrected chi connectivity index (χ2v) is 20.0. The number of rotatable bonds is 13. The van der Waals surface area contributed by atoms with E-state index < -0.39 is 79.3 Å². The van der Waals surface area contributed by atoms with Gasteiger partial charge in [0.05, 0.1) is 10.8 Å². The van der Waals surface area contributed by atoms with E-state index in [1.165, 1.54) is 16.3 Å². The van der Waals surface area contributed by atoms with E-state index in [0.29, 0.717) is 12.8 Å². The van der Waals surface area contributed by atoms with Crippen molar-refractivity contribution in [2.24, 2.45) is 34.3 Å². The summed E-state index contributed by atoms with van der Waals surface area (Å²) in [5.41, 5.74) is 4.02. The van der Waals surface area contributed by atoms with Crippen LogP contribution in [0.4, 0.5) is 4.79 Å². The van der Waals surface area contributed by atoms with Crippen molar-refractivity contribution in [1.82, 2.24) is 25.2 Å². The van der Waals surface area contributed by atoms with Crippen molar-refractivity contribution in [3.63, 3.8) is 0 Å². The summed E-state index contributed by atoms with van der Waals surface area (Å²) < 4.78 is 26.4. The van der Waals surface area contributed by atoms with Crippen LogP contribution < -0.4 is 21.7 Å². The third kappa shape index (κ3) is 10.1. The highest BCUT2D eigenvalue weighted by Gasteiger charge is 2.48. The Balaban J connectivity index is 2.35. The van der Waals surface area contributed by atoms with Crippen molar-refractivity contribution < 1.29 is 32.4 Å². The van der Waals surface area contributed by atoms with Gasteiger partial charge in [-0.15, -0.1) is 0 Å². The van der Waals surface area contributed by atoms with E-state index in [9.17, 15) is 32.4 Å². The van der Waals surface area contributed by atoms with Gasteiger partial charge in [0.1, 0.15) is 12.1 Å². The molecule has 1 heterocycles. The van der Waals surface area contributed by atoms with Crippen molar-refractivity contribution in [1.29, 1.82) is 0 Å². The highest BCUT2D eigenvalue weighted by Crippen LogP contribution is 2.35. The summed E-state index contributed by atoms with van der Waals surface area (Å²) in [6, 6.07) is -4.29. The van der Waals surface area contributed by atoms with Gasteiger partial charge in [-0.25, -0.2) is 17.5 Å². The number of hydrogen-bond acceptors (Lipinski definition) is 7. The quantitative estimate of drug-likeness (QED) is 0.213. The Labute approximate surface area is 288 Å². The maximum Gasteiger partial charge on any atom is 0.315 e. The smallest absolute Gasteiger partial charge is 0.315 e. The van der Waals surface area contributed by atoms with Gasteiger partial charge in [0, 0.05) is 26.2 Å². The molecule has 1 aliphatic carbocycles. The minimum atomic E-state index is -3.67. The number of sulfonamides is 1. The van der Waals surface area contributed by atoms with Crippen molar-refractivity contribution in [2.75, 3.05) is 20.1 Å². The molecule has 2 aliphatic rings. The normalized spacial score (nSPS) is 21.3.